The van der Waals surface area contributed by atoms with Crippen LogP contribution in [0.5, 0.6) is 11.6 Å². The SMILES string of the molecule is CCCNC(=O)c1c[nH]c2ncc(Oc3ccc4c(c3)[C@H](O)CC4)nc12. The number of hydrogen-bond donors (Lipinski definition) is 3. The number of aromatic nitrogens is 3. The van der Waals surface area contributed by atoms with Gasteiger partial charge in [-0.25, -0.2) is 9.97 Å². The van der Waals surface area contributed by atoms with Gasteiger partial charge in [0.15, 0.2) is 5.65 Å². The number of aromatic amines is 1. The number of carbonyl (C=O) groups excluding carboxylic acids is 1. The molecule has 1 aliphatic rings. The Labute approximate surface area is 150 Å². The first-order valence-corrected chi connectivity index (χ1v) is 8.76. The second-order valence-corrected chi connectivity index (χ2v) is 6.38. The first-order chi connectivity index (χ1) is 12.7. The van der Waals surface area contributed by atoms with Crippen molar-refractivity contribution in [2.24, 2.45) is 0 Å². The summed E-state index contributed by atoms with van der Waals surface area (Å²) in [6.07, 6.45) is 5.15. The number of benzene rings is 1. The Morgan fingerprint density at radius 3 is 3.19 bits per heavy atom. The van der Waals surface area contributed by atoms with Gasteiger partial charge in [-0.1, -0.05) is 13.0 Å². The van der Waals surface area contributed by atoms with Crippen LogP contribution in [0, 0.1) is 0 Å². The van der Waals surface area contributed by atoms with E-state index in [2.05, 4.69) is 20.3 Å². The minimum absolute atomic E-state index is 0.190. The molecule has 0 saturated heterocycles. The quantitative estimate of drug-likeness (QED) is 0.655. The molecule has 1 atom stereocenters. The molecule has 3 aromatic rings. The van der Waals surface area contributed by atoms with E-state index in [1.54, 1.807) is 6.20 Å². The van der Waals surface area contributed by atoms with Crippen LogP contribution in [-0.2, 0) is 6.42 Å². The summed E-state index contributed by atoms with van der Waals surface area (Å²) in [5, 5.41) is 12.9. The molecule has 2 aromatic heterocycles. The lowest BCUT2D eigenvalue weighted by Crippen LogP contribution is -2.23. The predicted molar refractivity (Wildman–Crippen MR) is 96.3 cm³/mol. The normalized spacial score (nSPS) is 15.8. The number of nitrogens with zero attached hydrogens (tertiary/aromatic N) is 2. The van der Waals surface area contributed by atoms with Gasteiger partial charge in [-0.15, -0.1) is 0 Å². The highest BCUT2D eigenvalue weighted by atomic mass is 16.5. The molecule has 1 aromatic carbocycles. The Kier molecular flexibility index (Phi) is 4.30. The minimum Gasteiger partial charge on any atom is -0.437 e. The van der Waals surface area contributed by atoms with Gasteiger partial charge in [-0.2, -0.15) is 0 Å². The molecule has 1 amide bonds. The molecule has 1 aliphatic carbocycles. The van der Waals surface area contributed by atoms with E-state index >= 15 is 0 Å². The molecular weight excluding hydrogens is 332 g/mol. The maximum absolute atomic E-state index is 12.2. The Morgan fingerprint density at radius 1 is 1.46 bits per heavy atom. The largest absolute Gasteiger partial charge is 0.437 e. The topological polar surface area (TPSA) is 100 Å². The van der Waals surface area contributed by atoms with Crippen molar-refractivity contribution in [3.63, 3.8) is 0 Å². The second-order valence-electron chi connectivity index (χ2n) is 6.38. The van der Waals surface area contributed by atoms with Crippen molar-refractivity contribution >= 4 is 17.1 Å². The van der Waals surface area contributed by atoms with Gasteiger partial charge < -0.3 is 20.1 Å². The number of fused-ring (bicyclic) bond motifs is 2. The highest BCUT2D eigenvalue weighted by Crippen LogP contribution is 2.34. The third-order valence-corrected chi connectivity index (χ3v) is 4.52. The highest BCUT2D eigenvalue weighted by Gasteiger charge is 2.21. The van der Waals surface area contributed by atoms with Crippen molar-refractivity contribution in [2.45, 2.75) is 32.3 Å². The fourth-order valence-electron chi connectivity index (χ4n) is 3.17. The van der Waals surface area contributed by atoms with Crippen LogP contribution in [-0.4, -0.2) is 32.5 Å². The zero-order valence-corrected chi connectivity index (χ0v) is 14.5. The molecule has 0 radical (unpaired) electrons. The van der Waals surface area contributed by atoms with E-state index in [1.807, 2.05) is 25.1 Å². The van der Waals surface area contributed by atoms with Crippen molar-refractivity contribution in [3.8, 4) is 11.6 Å². The number of hydrogen-bond acceptors (Lipinski definition) is 5. The molecule has 0 spiro atoms. The third kappa shape index (κ3) is 3.01. The molecule has 26 heavy (non-hydrogen) atoms. The zero-order chi connectivity index (χ0) is 18.1. The Balaban J connectivity index is 1.61. The average molecular weight is 352 g/mol. The van der Waals surface area contributed by atoms with E-state index in [4.69, 9.17) is 4.74 Å². The standard InChI is InChI=1S/C19H20N4O3/c1-2-7-20-19(25)14-9-21-18-17(14)23-16(10-22-18)26-12-5-3-11-4-6-15(24)13(11)8-12/h3,5,8-10,15,24H,2,4,6-7H2,1H3,(H,20,25)(H,21,22)/t15-/m1/s1. The van der Waals surface area contributed by atoms with E-state index in [-0.39, 0.29) is 5.91 Å². The average Bonchev–Trinajstić information content (AvgIpc) is 3.23. The van der Waals surface area contributed by atoms with Crippen LogP contribution in [0.4, 0.5) is 0 Å². The zero-order valence-electron chi connectivity index (χ0n) is 14.5. The Bertz CT molecular complexity index is 967. The minimum atomic E-state index is -0.444. The number of aliphatic hydroxyl groups is 1. The molecule has 0 unspecified atom stereocenters. The molecule has 7 nitrogen and oxygen atoms in total. The molecule has 0 bridgehead atoms. The number of ether oxygens (including phenoxy) is 1. The fraction of sp³-hybridized carbons (Fsp3) is 0.316. The molecule has 7 heteroatoms. The van der Waals surface area contributed by atoms with Gasteiger partial charge in [0, 0.05) is 12.7 Å². The number of H-pyrrole nitrogens is 1. The summed E-state index contributed by atoms with van der Waals surface area (Å²) in [6, 6.07) is 5.66. The highest BCUT2D eigenvalue weighted by molar-refractivity contribution is 6.04. The second kappa shape index (κ2) is 6.76. The maximum atomic E-state index is 12.2. The summed E-state index contributed by atoms with van der Waals surface area (Å²) >= 11 is 0. The van der Waals surface area contributed by atoms with Crippen LogP contribution in [0.3, 0.4) is 0 Å². The van der Waals surface area contributed by atoms with Gasteiger partial charge in [0.2, 0.25) is 5.88 Å². The smallest absolute Gasteiger partial charge is 0.255 e. The van der Waals surface area contributed by atoms with Gasteiger partial charge in [0.25, 0.3) is 5.91 Å². The lowest BCUT2D eigenvalue weighted by atomic mass is 10.1. The third-order valence-electron chi connectivity index (χ3n) is 4.52. The number of aliphatic hydroxyl groups excluding tert-OH is 1. The van der Waals surface area contributed by atoms with Gasteiger partial charge >= 0.3 is 0 Å². The van der Waals surface area contributed by atoms with Crippen LogP contribution in [0.1, 0.15) is 47.4 Å². The molecule has 3 N–H and O–H groups in total. The fourth-order valence-corrected chi connectivity index (χ4v) is 3.17. The monoisotopic (exact) mass is 352 g/mol. The summed E-state index contributed by atoms with van der Waals surface area (Å²) in [6.45, 7) is 2.60. The summed E-state index contributed by atoms with van der Waals surface area (Å²) in [7, 11) is 0. The summed E-state index contributed by atoms with van der Waals surface area (Å²) < 4.78 is 5.82. The van der Waals surface area contributed by atoms with E-state index < -0.39 is 6.10 Å². The Hall–Kier alpha value is -2.93. The van der Waals surface area contributed by atoms with Gasteiger partial charge in [-0.3, -0.25) is 4.79 Å². The number of aryl methyl sites for hydroxylation is 1. The number of nitrogens with one attached hydrogen (secondary N) is 2. The Morgan fingerprint density at radius 2 is 2.35 bits per heavy atom. The number of rotatable bonds is 5. The van der Waals surface area contributed by atoms with Crippen molar-refractivity contribution in [2.75, 3.05) is 6.54 Å². The van der Waals surface area contributed by atoms with Crippen molar-refractivity contribution in [3.05, 3.63) is 47.3 Å². The molecule has 0 aliphatic heterocycles. The maximum Gasteiger partial charge on any atom is 0.255 e. The molecule has 2 heterocycles. The lowest BCUT2D eigenvalue weighted by molar-refractivity contribution is 0.0955. The van der Waals surface area contributed by atoms with Gasteiger partial charge in [-0.05, 0) is 42.5 Å². The number of carbonyl (C=O) groups is 1. The molecule has 0 fully saturated rings. The van der Waals surface area contributed by atoms with Crippen molar-refractivity contribution in [1.82, 2.24) is 20.3 Å². The molecule has 0 saturated carbocycles. The van der Waals surface area contributed by atoms with E-state index in [0.717, 1.165) is 30.4 Å². The van der Waals surface area contributed by atoms with Crippen molar-refractivity contribution < 1.29 is 14.6 Å². The summed E-state index contributed by atoms with van der Waals surface area (Å²) in [4.78, 5) is 23.9. The van der Waals surface area contributed by atoms with Crippen molar-refractivity contribution in [1.29, 1.82) is 0 Å². The number of amides is 1. The van der Waals surface area contributed by atoms with Crippen LogP contribution < -0.4 is 10.1 Å². The first-order valence-electron chi connectivity index (χ1n) is 8.76. The lowest BCUT2D eigenvalue weighted by Gasteiger charge is -2.09. The molecule has 134 valence electrons. The van der Waals surface area contributed by atoms with Gasteiger partial charge in [0.1, 0.15) is 11.3 Å². The summed E-state index contributed by atoms with van der Waals surface area (Å²) in [5.41, 5.74) is 3.49. The molecular formula is C19H20N4O3. The summed E-state index contributed by atoms with van der Waals surface area (Å²) in [5.74, 6) is 0.699. The first kappa shape index (κ1) is 16.5. The van der Waals surface area contributed by atoms with Crippen LogP contribution in [0.15, 0.2) is 30.6 Å². The van der Waals surface area contributed by atoms with E-state index in [9.17, 15) is 9.90 Å². The van der Waals surface area contributed by atoms with Crippen LogP contribution >= 0.6 is 0 Å². The molecule has 4 rings (SSSR count). The van der Waals surface area contributed by atoms with Gasteiger partial charge in [0.05, 0.1) is 17.9 Å². The predicted octanol–water partition coefficient (Wildman–Crippen LogP) is 2.87. The van der Waals surface area contributed by atoms with E-state index in [1.165, 1.54) is 6.20 Å². The van der Waals surface area contributed by atoms with Crippen LogP contribution in [0.25, 0.3) is 11.2 Å². The van der Waals surface area contributed by atoms with Crippen LogP contribution in [0.2, 0.25) is 0 Å². The van der Waals surface area contributed by atoms with E-state index in [0.29, 0.717) is 34.9 Å².